The largest absolute Gasteiger partial charge is 0.281 e. The molecule has 0 aliphatic rings. The molecule has 4 aromatic rings. The van der Waals surface area contributed by atoms with Gasteiger partial charge in [0, 0.05) is 28.6 Å². The van der Waals surface area contributed by atoms with Crippen molar-refractivity contribution in [2.75, 3.05) is 0 Å². The van der Waals surface area contributed by atoms with E-state index in [1.54, 1.807) is 0 Å². The van der Waals surface area contributed by atoms with Gasteiger partial charge in [-0.2, -0.15) is 0 Å². The summed E-state index contributed by atoms with van der Waals surface area (Å²) in [5.74, 6) is 0. The molecule has 0 aliphatic heterocycles. The van der Waals surface area contributed by atoms with E-state index in [1.165, 1.54) is 32.6 Å². The minimum atomic E-state index is 1.22. The minimum Gasteiger partial charge on any atom is -0.281 e. The van der Waals surface area contributed by atoms with Crippen LogP contribution in [-0.2, 0) is 0 Å². The van der Waals surface area contributed by atoms with Crippen LogP contribution in [0, 0.1) is 0 Å². The maximum absolute atomic E-state index is 4.24. The van der Waals surface area contributed by atoms with Gasteiger partial charge in [-0.25, -0.2) is 0 Å². The number of benzene rings is 2. The molecule has 2 heterocycles. The van der Waals surface area contributed by atoms with Gasteiger partial charge in [0.25, 0.3) is 0 Å². The summed E-state index contributed by atoms with van der Waals surface area (Å²) in [6, 6.07) is 14.9. The topological polar surface area (TPSA) is 17.8 Å². The fourth-order valence-corrected chi connectivity index (χ4v) is 3.51. The molecule has 0 unspecified atom stereocenters. The Labute approximate surface area is 118 Å². The lowest BCUT2D eigenvalue weighted by atomic mass is 10.1. The summed E-state index contributed by atoms with van der Waals surface area (Å²) in [5.41, 5.74) is 2.49. The highest BCUT2D eigenvalue weighted by molar-refractivity contribution is 14.1. The first-order chi connectivity index (χ1) is 8.86. The summed E-state index contributed by atoms with van der Waals surface area (Å²) in [6.07, 6.45) is 3.79. The van der Waals surface area contributed by atoms with E-state index in [0.29, 0.717) is 0 Å². The molecule has 86 valence electrons. The summed E-state index contributed by atoms with van der Waals surface area (Å²) >= 11 is 2.37. The highest BCUT2D eigenvalue weighted by Crippen LogP contribution is 2.34. The van der Waals surface area contributed by atoms with Crippen LogP contribution in [0.3, 0.4) is 0 Å². The Morgan fingerprint density at radius 1 is 0.889 bits per heavy atom. The predicted molar refractivity (Wildman–Crippen MR) is 84.2 cm³/mol. The second kappa shape index (κ2) is 3.68. The fraction of sp³-hybridized carbons (Fsp3) is 0. The van der Waals surface area contributed by atoms with Crippen molar-refractivity contribution < 1.29 is 0 Å². The summed E-state index contributed by atoms with van der Waals surface area (Å²) in [4.78, 5) is 4.24. The van der Waals surface area contributed by atoms with Gasteiger partial charge in [0.15, 0.2) is 0 Å². The van der Waals surface area contributed by atoms with Crippen LogP contribution < -0.4 is 0 Å². The Morgan fingerprint density at radius 2 is 1.78 bits per heavy atom. The third-order valence-corrected chi connectivity index (χ3v) is 4.40. The SMILES string of the molecule is In1c2ccncc2c2ccc3ccccc3c21. The van der Waals surface area contributed by atoms with Gasteiger partial charge < -0.3 is 0 Å². The number of halogens is 1. The first-order valence-corrected chi connectivity index (χ1v) is 6.75. The Bertz CT molecular complexity index is 893. The molecule has 2 nitrogen and oxygen atoms in total. The maximum Gasteiger partial charge on any atom is 0.0669 e. The van der Waals surface area contributed by atoms with Crippen molar-refractivity contribution in [1.29, 1.82) is 0 Å². The third kappa shape index (κ3) is 1.25. The lowest BCUT2D eigenvalue weighted by molar-refractivity contribution is 1.36. The molecule has 0 fully saturated rings. The van der Waals surface area contributed by atoms with Crippen LogP contribution in [0.1, 0.15) is 0 Å². The zero-order valence-corrected chi connectivity index (χ0v) is 11.6. The van der Waals surface area contributed by atoms with Crippen molar-refractivity contribution in [3.8, 4) is 0 Å². The average Bonchev–Trinajstić information content (AvgIpc) is 2.73. The predicted octanol–water partition coefficient (Wildman–Crippen LogP) is 4.54. The molecule has 2 aromatic carbocycles. The maximum atomic E-state index is 4.24. The molecule has 0 amide bonds. The van der Waals surface area contributed by atoms with Crippen molar-refractivity contribution in [2.45, 2.75) is 0 Å². The van der Waals surface area contributed by atoms with Crippen molar-refractivity contribution >= 4 is 55.4 Å². The van der Waals surface area contributed by atoms with E-state index in [9.17, 15) is 0 Å². The van der Waals surface area contributed by atoms with E-state index in [2.05, 4.69) is 73.1 Å². The number of rotatable bonds is 0. The number of nitrogens with zero attached hydrogens (tertiary/aromatic N) is 2. The molecule has 0 saturated heterocycles. The van der Waals surface area contributed by atoms with Gasteiger partial charge in [-0.05, 0) is 11.5 Å². The molecule has 0 radical (unpaired) electrons. The second-order valence-electron chi connectivity index (χ2n) is 4.36. The molecular formula is C15H9IN2. The quantitative estimate of drug-likeness (QED) is 0.428. The van der Waals surface area contributed by atoms with Crippen LogP contribution in [0.15, 0.2) is 54.9 Å². The van der Waals surface area contributed by atoms with Gasteiger partial charge in [0.05, 0.1) is 33.9 Å². The fourth-order valence-electron chi connectivity index (χ4n) is 2.57. The summed E-state index contributed by atoms with van der Waals surface area (Å²) < 4.78 is 2.23. The van der Waals surface area contributed by atoms with Crippen molar-refractivity contribution in [3.63, 3.8) is 0 Å². The molecule has 4 rings (SSSR count). The van der Waals surface area contributed by atoms with Gasteiger partial charge in [-0.3, -0.25) is 7.76 Å². The Balaban J connectivity index is 2.39. The molecule has 3 heteroatoms. The molecule has 0 aliphatic carbocycles. The van der Waals surface area contributed by atoms with Crippen molar-refractivity contribution in [3.05, 3.63) is 54.9 Å². The molecular weight excluding hydrogens is 335 g/mol. The highest BCUT2D eigenvalue weighted by atomic mass is 127. The Hall–Kier alpha value is -1.62. The number of hydrogen-bond donors (Lipinski definition) is 0. The van der Waals surface area contributed by atoms with Crippen LogP contribution >= 0.6 is 22.9 Å². The van der Waals surface area contributed by atoms with E-state index in [0.717, 1.165) is 0 Å². The van der Waals surface area contributed by atoms with Crippen LogP contribution in [0.2, 0.25) is 0 Å². The van der Waals surface area contributed by atoms with Crippen LogP contribution in [0.25, 0.3) is 32.6 Å². The Kier molecular flexibility index (Phi) is 2.11. The standard InChI is InChI=1S/C15H9IN2/c16-18-14-7-8-17-9-13(14)12-6-5-10-3-1-2-4-11(10)15(12)18/h1-9H. The number of pyridine rings is 1. The molecule has 0 saturated carbocycles. The highest BCUT2D eigenvalue weighted by Gasteiger charge is 2.11. The molecule has 0 spiro atoms. The van der Waals surface area contributed by atoms with Gasteiger partial charge in [0.1, 0.15) is 0 Å². The van der Waals surface area contributed by atoms with E-state index in [1.807, 2.05) is 12.4 Å². The summed E-state index contributed by atoms with van der Waals surface area (Å²) in [7, 11) is 0. The van der Waals surface area contributed by atoms with Crippen LogP contribution in [0.5, 0.6) is 0 Å². The van der Waals surface area contributed by atoms with Crippen LogP contribution in [-0.4, -0.2) is 7.76 Å². The van der Waals surface area contributed by atoms with E-state index >= 15 is 0 Å². The first-order valence-electron chi connectivity index (χ1n) is 5.78. The Morgan fingerprint density at radius 3 is 2.72 bits per heavy atom. The van der Waals surface area contributed by atoms with E-state index < -0.39 is 0 Å². The lowest BCUT2D eigenvalue weighted by Crippen LogP contribution is -1.80. The van der Waals surface area contributed by atoms with Gasteiger partial charge in [-0.1, -0.05) is 36.4 Å². The number of fused-ring (bicyclic) bond motifs is 5. The molecule has 0 N–H and O–H groups in total. The minimum absolute atomic E-state index is 1.22. The molecule has 0 atom stereocenters. The monoisotopic (exact) mass is 344 g/mol. The smallest absolute Gasteiger partial charge is 0.0669 e. The average molecular weight is 344 g/mol. The zero-order valence-electron chi connectivity index (χ0n) is 9.47. The van der Waals surface area contributed by atoms with Gasteiger partial charge in [-0.15, -0.1) is 0 Å². The van der Waals surface area contributed by atoms with Crippen molar-refractivity contribution in [2.24, 2.45) is 0 Å². The van der Waals surface area contributed by atoms with Crippen molar-refractivity contribution in [1.82, 2.24) is 7.76 Å². The van der Waals surface area contributed by atoms with Gasteiger partial charge >= 0.3 is 0 Å². The number of hydrogen-bond acceptors (Lipinski definition) is 1. The third-order valence-electron chi connectivity index (χ3n) is 3.40. The zero-order chi connectivity index (χ0) is 12.1. The summed E-state index contributed by atoms with van der Waals surface area (Å²) in [5, 5.41) is 5.05. The first kappa shape index (κ1) is 10.3. The normalized spacial score (nSPS) is 11.6. The molecule has 0 bridgehead atoms. The van der Waals surface area contributed by atoms with Gasteiger partial charge in [0.2, 0.25) is 0 Å². The lowest BCUT2D eigenvalue weighted by Gasteiger charge is -2.01. The number of aromatic nitrogens is 2. The molecule has 18 heavy (non-hydrogen) atoms. The van der Waals surface area contributed by atoms with E-state index in [4.69, 9.17) is 0 Å². The summed E-state index contributed by atoms with van der Waals surface area (Å²) in [6.45, 7) is 0. The van der Waals surface area contributed by atoms with Crippen LogP contribution in [0.4, 0.5) is 0 Å². The molecule has 2 aromatic heterocycles. The second-order valence-corrected chi connectivity index (χ2v) is 5.32. The van der Waals surface area contributed by atoms with E-state index in [-0.39, 0.29) is 0 Å².